The van der Waals surface area contributed by atoms with Crippen molar-refractivity contribution in [2.45, 2.75) is 19.4 Å². The Balaban J connectivity index is 1.81. The maximum absolute atomic E-state index is 11.9. The van der Waals surface area contributed by atoms with Crippen molar-refractivity contribution in [3.63, 3.8) is 0 Å². The number of carbonyl (C=O) groups excluding carboxylic acids is 1. The first-order valence-electron chi connectivity index (χ1n) is 6.33. The van der Waals surface area contributed by atoms with Crippen molar-refractivity contribution in [2.75, 3.05) is 19.7 Å². The second-order valence-corrected chi connectivity index (χ2v) is 4.62. The van der Waals surface area contributed by atoms with Gasteiger partial charge in [0.2, 0.25) is 0 Å². The second-order valence-electron chi connectivity index (χ2n) is 4.62. The quantitative estimate of drug-likeness (QED) is 0.839. The normalized spacial score (nSPS) is 19.6. The molecule has 5 heteroatoms. The van der Waals surface area contributed by atoms with Crippen LogP contribution in [0.2, 0.25) is 0 Å². The lowest BCUT2D eigenvalue weighted by molar-refractivity contribution is 0.129. The van der Waals surface area contributed by atoms with Crippen LogP contribution in [-0.2, 0) is 6.54 Å². The molecule has 0 bridgehead atoms. The van der Waals surface area contributed by atoms with Crippen molar-refractivity contribution in [1.29, 1.82) is 0 Å². The number of urea groups is 1. The molecule has 0 spiro atoms. The molecule has 1 atom stereocenters. The molecule has 98 valence electrons. The Morgan fingerprint density at radius 3 is 3.17 bits per heavy atom. The maximum atomic E-state index is 11.9. The molecule has 1 aromatic rings. The number of likely N-dealkylation sites (tertiary alicyclic amines) is 1. The predicted molar refractivity (Wildman–Crippen MR) is 67.9 cm³/mol. The Hall–Kier alpha value is -1.62. The molecule has 2 N–H and O–H groups in total. The fraction of sp³-hybridized carbons (Fsp3) is 0.538. The van der Waals surface area contributed by atoms with Crippen LogP contribution in [0.1, 0.15) is 18.5 Å². The van der Waals surface area contributed by atoms with Crippen LogP contribution >= 0.6 is 0 Å². The number of carbonyl (C=O) groups is 1. The molecule has 18 heavy (non-hydrogen) atoms. The van der Waals surface area contributed by atoms with Gasteiger partial charge in [0.1, 0.15) is 0 Å². The summed E-state index contributed by atoms with van der Waals surface area (Å²) in [6.45, 7) is 2.01. The summed E-state index contributed by atoms with van der Waals surface area (Å²) in [7, 11) is 0. The van der Waals surface area contributed by atoms with E-state index in [2.05, 4.69) is 10.3 Å². The minimum atomic E-state index is -0.0706. The number of aromatic nitrogens is 1. The van der Waals surface area contributed by atoms with Gasteiger partial charge in [0.15, 0.2) is 0 Å². The smallest absolute Gasteiger partial charge is 0.317 e. The molecule has 1 unspecified atom stereocenters. The Bertz CT molecular complexity index is 383. The Morgan fingerprint density at radius 1 is 1.56 bits per heavy atom. The molecule has 1 aliphatic rings. The van der Waals surface area contributed by atoms with E-state index in [9.17, 15) is 4.79 Å². The van der Waals surface area contributed by atoms with Crippen LogP contribution in [0.4, 0.5) is 4.79 Å². The van der Waals surface area contributed by atoms with Crippen LogP contribution in [-0.4, -0.2) is 40.7 Å². The van der Waals surface area contributed by atoms with E-state index < -0.39 is 0 Å². The van der Waals surface area contributed by atoms with Crippen molar-refractivity contribution >= 4 is 6.03 Å². The van der Waals surface area contributed by atoms with E-state index in [0.29, 0.717) is 13.1 Å². The first-order chi connectivity index (χ1) is 8.79. The minimum Gasteiger partial charge on any atom is -0.396 e. The van der Waals surface area contributed by atoms with Crippen LogP contribution in [0.3, 0.4) is 0 Å². The zero-order chi connectivity index (χ0) is 12.8. The molecule has 1 aliphatic heterocycles. The molecule has 1 saturated heterocycles. The standard InChI is InChI=1S/C13H19N3O2/c17-10-11-4-3-7-16(9-11)13(18)15-8-12-5-1-2-6-14-12/h1-2,5-6,11,17H,3-4,7-10H2,(H,15,18). The highest BCUT2D eigenvalue weighted by Crippen LogP contribution is 2.15. The molecule has 0 radical (unpaired) electrons. The van der Waals surface area contributed by atoms with E-state index in [0.717, 1.165) is 25.1 Å². The number of rotatable bonds is 3. The maximum Gasteiger partial charge on any atom is 0.317 e. The second kappa shape index (κ2) is 6.35. The van der Waals surface area contributed by atoms with Gasteiger partial charge in [-0.25, -0.2) is 4.79 Å². The number of hydrogen-bond donors (Lipinski definition) is 2. The molecule has 5 nitrogen and oxygen atoms in total. The number of amides is 2. The average molecular weight is 249 g/mol. The summed E-state index contributed by atoms with van der Waals surface area (Å²) in [5.74, 6) is 0.222. The molecule has 1 aromatic heterocycles. The van der Waals surface area contributed by atoms with Gasteiger partial charge in [-0.1, -0.05) is 6.07 Å². The first-order valence-corrected chi connectivity index (χ1v) is 6.33. The molecule has 1 fully saturated rings. The number of piperidine rings is 1. The van der Waals surface area contributed by atoms with E-state index in [-0.39, 0.29) is 18.6 Å². The van der Waals surface area contributed by atoms with E-state index in [4.69, 9.17) is 5.11 Å². The van der Waals surface area contributed by atoms with E-state index in [1.807, 2.05) is 18.2 Å². The van der Waals surface area contributed by atoms with Gasteiger partial charge >= 0.3 is 6.03 Å². The lowest BCUT2D eigenvalue weighted by atomic mass is 9.99. The SMILES string of the molecule is O=C(NCc1ccccn1)N1CCCC(CO)C1. The summed E-state index contributed by atoms with van der Waals surface area (Å²) < 4.78 is 0. The third-order valence-electron chi connectivity index (χ3n) is 3.21. The van der Waals surface area contributed by atoms with Gasteiger partial charge in [-0.2, -0.15) is 0 Å². The molecule has 2 heterocycles. The van der Waals surface area contributed by atoms with Crippen molar-refractivity contribution in [3.8, 4) is 0 Å². The fourth-order valence-corrected chi connectivity index (χ4v) is 2.18. The van der Waals surface area contributed by atoms with Crippen LogP contribution < -0.4 is 5.32 Å². The van der Waals surface area contributed by atoms with Crippen LogP contribution in [0.5, 0.6) is 0 Å². The molecule has 2 amide bonds. The lowest BCUT2D eigenvalue weighted by Crippen LogP contribution is -2.46. The largest absolute Gasteiger partial charge is 0.396 e. The molecule has 0 aliphatic carbocycles. The Labute approximate surface area is 107 Å². The number of pyridine rings is 1. The van der Waals surface area contributed by atoms with Crippen molar-refractivity contribution < 1.29 is 9.90 Å². The number of nitrogens with zero attached hydrogens (tertiary/aromatic N) is 2. The van der Waals surface area contributed by atoms with Crippen LogP contribution in [0.25, 0.3) is 0 Å². The Morgan fingerprint density at radius 2 is 2.44 bits per heavy atom. The average Bonchev–Trinajstić information content (AvgIpc) is 2.46. The number of hydrogen-bond acceptors (Lipinski definition) is 3. The van der Waals surface area contributed by atoms with Crippen LogP contribution in [0, 0.1) is 5.92 Å². The minimum absolute atomic E-state index is 0.0706. The monoisotopic (exact) mass is 249 g/mol. The van der Waals surface area contributed by atoms with E-state index in [1.54, 1.807) is 11.1 Å². The summed E-state index contributed by atoms with van der Waals surface area (Å²) in [4.78, 5) is 17.9. The zero-order valence-corrected chi connectivity index (χ0v) is 10.4. The topological polar surface area (TPSA) is 65.5 Å². The van der Waals surface area contributed by atoms with Gasteiger partial charge in [0, 0.05) is 25.9 Å². The summed E-state index contributed by atoms with van der Waals surface area (Å²) in [5.41, 5.74) is 0.849. The van der Waals surface area contributed by atoms with Crippen molar-refractivity contribution in [3.05, 3.63) is 30.1 Å². The third-order valence-corrected chi connectivity index (χ3v) is 3.21. The lowest BCUT2D eigenvalue weighted by Gasteiger charge is -2.31. The molecule has 2 rings (SSSR count). The van der Waals surface area contributed by atoms with Gasteiger partial charge in [-0.15, -0.1) is 0 Å². The van der Waals surface area contributed by atoms with E-state index in [1.165, 1.54) is 0 Å². The number of aliphatic hydroxyl groups is 1. The van der Waals surface area contributed by atoms with E-state index >= 15 is 0 Å². The molecular formula is C13H19N3O2. The molecular weight excluding hydrogens is 230 g/mol. The first kappa shape index (κ1) is 12.8. The highest BCUT2D eigenvalue weighted by molar-refractivity contribution is 5.74. The number of nitrogens with one attached hydrogen (secondary N) is 1. The summed E-state index contributed by atoms with van der Waals surface area (Å²) in [6, 6.07) is 5.56. The van der Waals surface area contributed by atoms with Gasteiger partial charge in [0.05, 0.1) is 12.2 Å². The van der Waals surface area contributed by atoms with Gasteiger partial charge in [-0.3, -0.25) is 4.98 Å². The van der Waals surface area contributed by atoms with Gasteiger partial charge < -0.3 is 15.3 Å². The third kappa shape index (κ3) is 3.43. The summed E-state index contributed by atoms with van der Waals surface area (Å²) in [6.07, 6.45) is 3.67. The van der Waals surface area contributed by atoms with Crippen molar-refractivity contribution in [2.24, 2.45) is 5.92 Å². The Kier molecular flexibility index (Phi) is 4.52. The van der Waals surface area contributed by atoms with Gasteiger partial charge in [-0.05, 0) is 30.9 Å². The highest BCUT2D eigenvalue weighted by Gasteiger charge is 2.22. The van der Waals surface area contributed by atoms with Gasteiger partial charge in [0.25, 0.3) is 0 Å². The highest BCUT2D eigenvalue weighted by atomic mass is 16.3. The summed E-state index contributed by atoms with van der Waals surface area (Å²) >= 11 is 0. The van der Waals surface area contributed by atoms with Crippen LogP contribution in [0.15, 0.2) is 24.4 Å². The molecule has 0 aromatic carbocycles. The summed E-state index contributed by atoms with van der Waals surface area (Å²) in [5, 5.41) is 12.0. The predicted octanol–water partition coefficient (Wildman–Crippen LogP) is 0.996. The molecule has 0 saturated carbocycles. The fourth-order valence-electron chi connectivity index (χ4n) is 2.18. The van der Waals surface area contributed by atoms with Crippen molar-refractivity contribution in [1.82, 2.24) is 15.2 Å². The number of aliphatic hydroxyl groups excluding tert-OH is 1. The zero-order valence-electron chi connectivity index (χ0n) is 10.4.